The number of carboxylic acid groups (broad SMARTS) is 1. The van der Waals surface area contributed by atoms with Gasteiger partial charge in [-0.2, -0.15) is 0 Å². The standard InChI is InChI=1S/CH3O6P.Ca.Cr.2H/c2-1(3)7-8(4,5)6;;;;/h(H,2,3)(H2,4,5,6);;;;. The van der Waals surface area contributed by atoms with Crippen LogP contribution in [-0.4, -0.2) is 58.8 Å². The van der Waals surface area contributed by atoms with Crippen LogP contribution in [0.25, 0.3) is 0 Å². The molecule has 0 saturated carbocycles. The van der Waals surface area contributed by atoms with Gasteiger partial charge >= 0.3 is 51.7 Å². The Labute approximate surface area is 96.9 Å². The smallest absolute Gasteiger partial charge is 0 e. The third-order valence-corrected chi connectivity index (χ3v) is 0.591. The van der Waals surface area contributed by atoms with E-state index in [9.17, 15) is 9.36 Å². The summed E-state index contributed by atoms with van der Waals surface area (Å²) in [6, 6.07) is 0. The van der Waals surface area contributed by atoms with Crippen LogP contribution in [0.1, 0.15) is 0 Å². The molecule has 0 aromatic heterocycles. The minimum atomic E-state index is -4.82. The van der Waals surface area contributed by atoms with Gasteiger partial charge in [0.15, 0.2) is 0 Å². The zero-order valence-corrected chi connectivity index (χ0v) is 6.09. The number of carbonyl (C=O) groups is 1. The molecule has 0 bridgehead atoms. The predicted molar refractivity (Wildman–Crippen MR) is 29.7 cm³/mol. The van der Waals surface area contributed by atoms with Gasteiger partial charge in [-0.05, 0) is 0 Å². The maximum atomic E-state index is 9.53. The number of hydrogen-bond donors (Lipinski definition) is 3. The quantitative estimate of drug-likeness (QED) is 0.392. The SMILES string of the molecule is O=C(O)OP(=O)(O)O.[CaH2].[Cr]. The molecule has 0 amide bonds. The first-order chi connectivity index (χ1) is 3.42. The summed E-state index contributed by atoms with van der Waals surface area (Å²) in [5.74, 6) is 0. The Morgan fingerprint density at radius 2 is 1.70 bits per heavy atom. The van der Waals surface area contributed by atoms with Crippen molar-refractivity contribution in [3.05, 3.63) is 0 Å². The second kappa shape index (κ2) is 6.89. The van der Waals surface area contributed by atoms with Crippen LogP contribution in [0, 0.1) is 0 Å². The van der Waals surface area contributed by atoms with Crippen molar-refractivity contribution in [1.82, 2.24) is 0 Å². The molecule has 0 unspecified atom stereocenters. The van der Waals surface area contributed by atoms with Crippen LogP contribution in [0.15, 0.2) is 0 Å². The van der Waals surface area contributed by atoms with Gasteiger partial charge in [-0.25, -0.2) is 9.36 Å². The molecule has 58 valence electrons. The normalized spacial score (nSPS) is 8.60. The second-order valence-corrected chi connectivity index (χ2v) is 2.01. The van der Waals surface area contributed by atoms with E-state index in [1.165, 1.54) is 0 Å². The average molecular weight is 236 g/mol. The second-order valence-electron chi connectivity index (χ2n) is 0.848. The zero-order valence-electron chi connectivity index (χ0n) is 3.92. The molecule has 0 aromatic rings. The largest absolute Gasteiger partial charge is 0 e. The van der Waals surface area contributed by atoms with E-state index in [-0.39, 0.29) is 55.1 Å². The number of rotatable bonds is 1. The summed E-state index contributed by atoms with van der Waals surface area (Å²) in [6.45, 7) is 0. The molecule has 10 heavy (non-hydrogen) atoms. The fraction of sp³-hybridized carbons (Fsp3) is 0. The third kappa shape index (κ3) is 16.1. The van der Waals surface area contributed by atoms with Gasteiger partial charge in [-0.1, -0.05) is 0 Å². The van der Waals surface area contributed by atoms with Gasteiger partial charge in [0.2, 0.25) is 0 Å². The Morgan fingerprint density at radius 1 is 1.40 bits per heavy atom. The Kier molecular flexibility index (Phi) is 12.0. The molecule has 6 nitrogen and oxygen atoms in total. The van der Waals surface area contributed by atoms with Crippen molar-refractivity contribution in [2.45, 2.75) is 0 Å². The van der Waals surface area contributed by atoms with Crippen molar-refractivity contribution in [1.29, 1.82) is 0 Å². The topological polar surface area (TPSA) is 104 Å². The van der Waals surface area contributed by atoms with E-state index in [4.69, 9.17) is 14.9 Å². The average Bonchev–Trinajstić information content (AvgIpc) is 1.21. The maximum Gasteiger partial charge on any atom is 0 e. The number of hydrogen-bond acceptors (Lipinski definition) is 3. The molecule has 0 atom stereocenters. The van der Waals surface area contributed by atoms with Crippen molar-refractivity contribution in [2.75, 3.05) is 0 Å². The summed E-state index contributed by atoms with van der Waals surface area (Å²) >= 11 is 0. The monoisotopic (exact) mass is 236 g/mol. The van der Waals surface area contributed by atoms with E-state index >= 15 is 0 Å². The van der Waals surface area contributed by atoms with Crippen LogP contribution in [0.4, 0.5) is 4.79 Å². The van der Waals surface area contributed by atoms with Gasteiger partial charge in [0.05, 0.1) is 0 Å². The van der Waals surface area contributed by atoms with Crippen molar-refractivity contribution in [3.63, 3.8) is 0 Å². The molecule has 0 aromatic carbocycles. The van der Waals surface area contributed by atoms with Gasteiger partial charge in [-0.15, -0.1) is 0 Å². The van der Waals surface area contributed by atoms with Crippen molar-refractivity contribution in [2.24, 2.45) is 0 Å². The first kappa shape index (κ1) is 17.3. The Balaban J connectivity index is -0.000000245. The molecule has 0 aliphatic heterocycles. The van der Waals surface area contributed by atoms with Gasteiger partial charge in [-0.3, -0.25) is 9.79 Å². The summed E-state index contributed by atoms with van der Waals surface area (Å²) in [5, 5.41) is 7.53. The van der Waals surface area contributed by atoms with E-state index < -0.39 is 14.0 Å². The summed E-state index contributed by atoms with van der Waals surface area (Å²) in [4.78, 5) is 24.7. The molecule has 9 heteroatoms. The van der Waals surface area contributed by atoms with Crippen molar-refractivity contribution >= 4 is 51.7 Å². The number of phosphoric ester groups is 1. The molecule has 0 heterocycles. The van der Waals surface area contributed by atoms with E-state index in [1.807, 2.05) is 0 Å². The molecule has 0 spiro atoms. The zero-order chi connectivity index (χ0) is 6.78. The van der Waals surface area contributed by atoms with Crippen molar-refractivity contribution in [3.8, 4) is 0 Å². The third-order valence-electron chi connectivity index (χ3n) is 0.197. The van der Waals surface area contributed by atoms with Gasteiger partial charge in [0.25, 0.3) is 0 Å². The van der Waals surface area contributed by atoms with Crippen LogP contribution in [0.3, 0.4) is 0 Å². The molecular formula is CH5CaCrO6P. The predicted octanol–water partition coefficient (Wildman–Crippen LogP) is -1.15. The molecular weight excluding hydrogens is 231 g/mol. The minimum Gasteiger partial charge on any atom is 0 e. The minimum absolute atomic E-state index is 0. The van der Waals surface area contributed by atoms with Crippen LogP contribution in [0.2, 0.25) is 0 Å². The molecule has 3 N–H and O–H groups in total. The Morgan fingerprint density at radius 3 is 1.70 bits per heavy atom. The van der Waals surface area contributed by atoms with Crippen LogP contribution in [0.5, 0.6) is 0 Å². The fourth-order valence-corrected chi connectivity index (χ4v) is 0.305. The van der Waals surface area contributed by atoms with Crippen LogP contribution in [-0.2, 0) is 26.4 Å². The molecule has 0 radical (unpaired) electrons. The first-order valence-corrected chi connectivity index (χ1v) is 2.93. The Bertz CT molecular complexity index is 141. The molecule has 0 saturated heterocycles. The van der Waals surface area contributed by atoms with Gasteiger partial charge < -0.3 is 9.63 Å². The Hall–Kier alpha value is 1.21. The van der Waals surface area contributed by atoms with Crippen molar-refractivity contribution < 1.29 is 46.1 Å². The summed E-state index contributed by atoms with van der Waals surface area (Å²) in [5.41, 5.74) is 0. The molecule has 0 fully saturated rings. The van der Waals surface area contributed by atoms with E-state index in [0.29, 0.717) is 0 Å². The molecule has 0 aliphatic rings. The van der Waals surface area contributed by atoms with E-state index in [0.717, 1.165) is 0 Å². The van der Waals surface area contributed by atoms with Crippen LogP contribution < -0.4 is 0 Å². The molecule has 0 rings (SSSR count). The summed E-state index contributed by atoms with van der Waals surface area (Å²) < 4.78 is 12.6. The van der Waals surface area contributed by atoms with E-state index in [1.54, 1.807) is 0 Å². The first-order valence-electron chi connectivity index (χ1n) is 1.40. The maximum absolute atomic E-state index is 9.53. The van der Waals surface area contributed by atoms with Crippen LogP contribution >= 0.6 is 7.82 Å². The fourth-order valence-electron chi connectivity index (χ4n) is 0.102. The summed E-state index contributed by atoms with van der Waals surface area (Å²) in [6.07, 6.45) is -1.99. The van der Waals surface area contributed by atoms with Gasteiger partial charge in [0, 0.05) is 17.4 Å². The molecule has 0 aliphatic carbocycles. The summed E-state index contributed by atoms with van der Waals surface area (Å²) in [7, 11) is -4.82. The van der Waals surface area contributed by atoms with Gasteiger partial charge in [0.1, 0.15) is 0 Å². The number of phosphoric acid groups is 1. The van der Waals surface area contributed by atoms with E-state index in [2.05, 4.69) is 4.52 Å².